The standard InChI is InChI=1S/C12H15N3O2/c1-9-8-15(12(17)14-9)11(16)13-7-10-5-3-2-4-6-10/h2-6,9H,7-8H2,1H3,(H,13,16)(H,14,17). The third-order valence-corrected chi connectivity index (χ3v) is 2.60. The van der Waals surface area contributed by atoms with Crippen molar-refractivity contribution in [3.63, 3.8) is 0 Å². The van der Waals surface area contributed by atoms with Crippen molar-refractivity contribution in [2.75, 3.05) is 6.54 Å². The quantitative estimate of drug-likeness (QED) is 0.809. The number of hydrogen-bond acceptors (Lipinski definition) is 2. The molecule has 1 atom stereocenters. The first kappa shape index (κ1) is 11.4. The highest BCUT2D eigenvalue weighted by molar-refractivity contribution is 5.95. The third-order valence-electron chi connectivity index (χ3n) is 2.60. The average Bonchev–Trinajstić information content (AvgIpc) is 2.67. The normalized spacial score (nSPS) is 19.0. The van der Waals surface area contributed by atoms with Crippen LogP contribution in [-0.2, 0) is 6.54 Å². The highest BCUT2D eigenvalue weighted by Gasteiger charge is 2.30. The number of rotatable bonds is 2. The number of carbonyl (C=O) groups is 2. The highest BCUT2D eigenvalue weighted by atomic mass is 16.2. The summed E-state index contributed by atoms with van der Waals surface area (Å²) in [6.07, 6.45) is 0. The molecule has 1 saturated heterocycles. The maximum absolute atomic E-state index is 11.7. The Morgan fingerprint density at radius 2 is 2.18 bits per heavy atom. The van der Waals surface area contributed by atoms with Gasteiger partial charge in [0, 0.05) is 12.6 Å². The molecule has 0 radical (unpaired) electrons. The van der Waals surface area contributed by atoms with Gasteiger partial charge in [0.1, 0.15) is 0 Å². The third kappa shape index (κ3) is 2.75. The van der Waals surface area contributed by atoms with Gasteiger partial charge in [-0.15, -0.1) is 0 Å². The number of nitrogens with one attached hydrogen (secondary N) is 2. The smallest absolute Gasteiger partial charge is 0.325 e. The van der Waals surface area contributed by atoms with Crippen molar-refractivity contribution in [2.24, 2.45) is 0 Å². The minimum atomic E-state index is -0.351. The second-order valence-electron chi connectivity index (χ2n) is 4.11. The Kier molecular flexibility index (Phi) is 3.27. The minimum absolute atomic E-state index is 0.0185. The van der Waals surface area contributed by atoms with Crippen molar-refractivity contribution < 1.29 is 9.59 Å². The monoisotopic (exact) mass is 233 g/mol. The number of hydrogen-bond donors (Lipinski definition) is 2. The number of benzene rings is 1. The topological polar surface area (TPSA) is 61.4 Å². The van der Waals surface area contributed by atoms with Crippen molar-refractivity contribution in [1.29, 1.82) is 0 Å². The predicted octanol–water partition coefficient (Wildman–Crippen LogP) is 1.31. The van der Waals surface area contributed by atoms with Crippen molar-refractivity contribution in [3.8, 4) is 0 Å². The first-order valence-electron chi connectivity index (χ1n) is 5.56. The predicted molar refractivity (Wildman–Crippen MR) is 63.4 cm³/mol. The van der Waals surface area contributed by atoms with Crippen LogP contribution < -0.4 is 10.6 Å². The van der Waals surface area contributed by atoms with Gasteiger partial charge in [0.25, 0.3) is 0 Å². The van der Waals surface area contributed by atoms with E-state index < -0.39 is 0 Å². The summed E-state index contributed by atoms with van der Waals surface area (Å²) in [5, 5.41) is 5.39. The van der Waals surface area contributed by atoms with Crippen LogP contribution in [0.4, 0.5) is 9.59 Å². The van der Waals surface area contributed by atoms with Crippen LogP contribution in [0.3, 0.4) is 0 Å². The number of urea groups is 2. The van der Waals surface area contributed by atoms with Crippen LogP contribution in [-0.4, -0.2) is 29.5 Å². The summed E-state index contributed by atoms with van der Waals surface area (Å²) in [4.78, 5) is 24.3. The second kappa shape index (κ2) is 4.86. The molecule has 90 valence electrons. The van der Waals surface area contributed by atoms with Gasteiger partial charge in [-0.1, -0.05) is 30.3 Å². The zero-order valence-electron chi connectivity index (χ0n) is 9.64. The summed E-state index contributed by atoms with van der Waals surface area (Å²) < 4.78 is 0. The Balaban J connectivity index is 1.88. The van der Waals surface area contributed by atoms with Gasteiger partial charge < -0.3 is 10.6 Å². The lowest BCUT2D eigenvalue weighted by atomic mass is 10.2. The lowest BCUT2D eigenvalue weighted by Gasteiger charge is -2.13. The van der Waals surface area contributed by atoms with Crippen LogP contribution in [0.5, 0.6) is 0 Å². The number of carbonyl (C=O) groups excluding carboxylic acids is 2. The van der Waals surface area contributed by atoms with Gasteiger partial charge in [-0.05, 0) is 12.5 Å². The molecular formula is C12H15N3O2. The molecule has 1 fully saturated rings. The number of amides is 4. The molecule has 0 spiro atoms. The van der Waals surface area contributed by atoms with E-state index in [-0.39, 0.29) is 18.1 Å². The lowest BCUT2D eigenvalue weighted by Crippen LogP contribution is -2.41. The Morgan fingerprint density at radius 3 is 2.76 bits per heavy atom. The molecule has 1 aromatic carbocycles. The maximum Gasteiger partial charge on any atom is 0.325 e. The largest absolute Gasteiger partial charge is 0.333 e. The van der Waals surface area contributed by atoms with Crippen molar-refractivity contribution in [2.45, 2.75) is 19.5 Å². The Morgan fingerprint density at radius 1 is 1.47 bits per heavy atom. The van der Waals surface area contributed by atoms with Gasteiger partial charge in [0.2, 0.25) is 0 Å². The van der Waals surface area contributed by atoms with E-state index in [4.69, 9.17) is 0 Å². The van der Waals surface area contributed by atoms with Crippen LogP contribution in [0.1, 0.15) is 12.5 Å². The van der Waals surface area contributed by atoms with E-state index in [1.165, 1.54) is 4.90 Å². The lowest BCUT2D eigenvalue weighted by molar-refractivity contribution is 0.198. The molecule has 5 heteroatoms. The number of nitrogens with zero attached hydrogens (tertiary/aromatic N) is 1. The average molecular weight is 233 g/mol. The van der Waals surface area contributed by atoms with Gasteiger partial charge >= 0.3 is 12.1 Å². The summed E-state index contributed by atoms with van der Waals surface area (Å²) >= 11 is 0. The van der Waals surface area contributed by atoms with Crippen LogP contribution >= 0.6 is 0 Å². The first-order valence-corrected chi connectivity index (χ1v) is 5.56. The van der Waals surface area contributed by atoms with E-state index in [2.05, 4.69) is 10.6 Å². The molecule has 1 aliphatic heterocycles. The summed E-state index contributed by atoms with van der Waals surface area (Å²) in [5.41, 5.74) is 1.01. The molecule has 2 rings (SSSR count). The van der Waals surface area contributed by atoms with Crippen LogP contribution in [0.25, 0.3) is 0 Å². The summed E-state index contributed by atoms with van der Waals surface area (Å²) in [5.74, 6) is 0. The van der Waals surface area contributed by atoms with Crippen molar-refractivity contribution in [1.82, 2.24) is 15.5 Å². The fourth-order valence-electron chi connectivity index (χ4n) is 1.74. The molecule has 0 aliphatic carbocycles. The SMILES string of the molecule is CC1CN(C(=O)NCc2ccccc2)C(=O)N1. The van der Waals surface area contributed by atoms with Crippen LogP contribution in [0.15, 0.2) is 30.3 Å². The first-order chi connectivity index (χ1) is 8.16. The van der Waals surface area contributed by atoms with E-state index in [1.807, 2.05) is 37.3 Å². The Labute approximate surface area is 99.8 Å². The fourth-order valence-corrected chi connectivity index (χ4v) is 1.74. The van der Waals surface area contributed by atoms with Gasteiger partial charge in [0.15, 0.2) is 0 Å². The Bertz CT molecular complexity index is 419. The molecule has 0 saturated carbocycles. The van der Waals surface area contributed by atoms with Gasteiger partial charge in [0.05, 0.1) is 6.54 Å². The fraction of sp³-hybridized carbons (Fsp3) is 0.333. The zero-order chi connectivity index (χ0) is 12.3. The van der Waals surface area contributed by atoms with Crippen molar-refractivity contribution in [3.05, 3.63) is 35.9 Å². The van der Waals surface area contributed by atoms with E-state index in [0.717, 1.165) is 5.56 Å². The van der Waals surface area contributed by atoms with Crippen LogP contribution in [0, 0.1) is 0 Å². The molecule has 0 bridgehead atoms. The maximum atomic E-state index is 11.7. The molecule has 2 N–H and O–H groups in total. The zero-order valence-corrected chi connectivity index (χ0v) is 9.64. The second-order valence-corrected chi connectivity index (χ2v) is 4.11. The molecule has 4 amide bonds. The van der Waals surface area contributed by atoms with E-state index in [9.17, 15) is 9.59 Å². The molecular weight excluding hydrogens is 218 g/mol. The molecule has 0 aromatic heterocycles. The van der Waals surface area contributed by atoms with Gasteiger partial charge in [-0.3, -0.25) is 0 Å². The molecule has 17 heavy (non-hydrogen) atoms. The minimum Gasteiger partial charge on any atom is -0.333 e. The van der Waals surface area contributed by atoms with Crippen molar-refractivity contribution >= 4 is 12.1 Å². The van der Waals surface area contributed by atoms with E-state index in [1.54, 1.807) is 0 Å². The van der Waals surface area contributed by atoms with Gasteiger partial charge in [-0.25, -0.2) is 14.5 Å². The summed E-state index contributed by atoms with van der Waals surface area (Å²) in [6, 6.07) is 8.92. The van der Waals surface area contributed by atoms with Crippen LogP contribution in [0.2, 0.25) is 0 Å². The Hall–Kier alpha value is -2.04. The molecule has 1 aromatic rings. The molecule has 5 nitrogen and oxygen atoms in total. The highest BCUT2D eigenvalue weighted by Crippen LogP contribution is 2.04. The molecule has 1 unspecified atom stereocenters. The van der Waals surface area contributed by atoms with E-state index >= 15 is 0 Å². The van der Waals surface area contributed by atoms with Gasteiger partial charge in [-0.2, -0.15) is 0 Å². The number of imide groups is 1. The van der Waals surface area contributed by atoms with E-state index in [0.29, 0.717) is 13.1 Å². The summed E-state index contributed by atoms with van der Waals surface area (Å²) in [7, 11) is 0. The molecule has 1 heterocycles. The summed E-state index contributed by atoms with van der Waals surface area (Å²) in [6.45, 7) is 2.71. The molecule has 1 aliphatic rings.